The van der Waals surface area contributed by atoms with Crippen LogP contribution in [-0.2, 0) is 22.6 Å². The molecule has 3 aromatic carbocycles. The summed E-state index contributed by atoms with van der Waals surface area (Å²) in [7, 11) is 0. The zero-order valence-electron chi connectivity index (χ0n) is 21.8. The normalized spacial score (nSPS) is 17.2. The Balaban J connectivity index is 1.39. The summed E-state index contributed by atoms with van der Waals surface area (Å²) in [4.78, 5) is 32.6. The lowest BCUT2D eigenvalue weighted by molar-refractivity contribution is -0.130. The second kappa shape index (κ2) is 10.7. The molecule has 5 rings (SSSR count). The third-order valence-electron chi connectivity index (χ3n) is 6.90. The number of fused-ring (bicyclic) bond motifs is 1. The first-order chi connectivity index (χ1) is 18.3. The van der Waals surface area contributed by atoms with Crippen LogP contribution < -0.4 is 26.6 Å². The Morgan fingerprint density at radius 3 is 2.55 bits per heavy atom. The van der Waals surface area contributed by atoms with Crippen LogP contribution in [0.4, 0.5) is 11.4 Å². The fraction of sp³-hybridized carbons (Fsp3) is 0.300. The monoisotopic (exact) mass is 510 g/mol. The number of amides is 2. The minimum Gasteiger partial charge on any atom is -0.354 e. The summed E-state index contributed by atoms with van der Waals surface area (Å²) in [5, 5.41) is 9.52. The smallest absolute Gasteiger partial charge is 0.249 e. The van der Waals surface area contributed by atoms with Crippen molar-refractivity contribution in [3.63, 3.8) is 0 Å². The molecule has 0 saturated heterocycles. The molecule has 0 spiro atoms. The number of para-hydroxylation sites is 2. The number of anilines is 2. The first-order valence-corrected chi connectivity index (χ1v) is 13.0. The van der Waals surface area contributed by atoms with Crippen molar-refractivity contribution in [3.8, 4) is 11.1 Å². The molecule has 2 amide bonds. The molecule has 0 radical (unpaired) electrons. The fourth-order valence-corrected chi connectivity index (χ4v) is 4.78. The molecule has 196 valence electrons. The maximum absolute atomic E-state index is 13.7. The van der Waals surface area contributed by atoms with Crippen molar-refractivity contribution >= 4 is 29.1 Å². The Hall–Kier alpha value is -4.17. The highest BCUT2D eigenvalue weighted by Gasteiger charge is 2.34. The van der Waals surface area contributed by atoms with E-state index in [1.54, 1.807) is 18.7 Å². The number of nitrogens with zero attached hydrogens (tertiary/aromatic N) is 2. The predicted octanol–water partition coefficient (Wildman–Crippen LogP) is 3.43. The molecule has 2 aliphatic rings. The Bertz CT molecular complexity index is 1360. The van der Waals surface area contributed by atoms with Crippen LogP contribution in [0.15, 0.2) is 77.8 Å². The third kappa shape index (κ3) is 5.55. The predicted molar refractivity (Wildman–Crippen MR) is 152 cm³/mol. The van der Waals surface area contributed by atoms with Gasteiger partial charge in [-0.05, 0) is 55.5 Å². The number of carbonyl (C=O) groups is 2. The Kier molecular flexibility index (Phi) is 7.15. The molecule has 0 aromatic heterocycles. The number of aryl methyl sites for hydroxylation is 1. The van der Waals surface area contributed by atoms with Gasteiger partial charge in [0.25, 0.3) is 0 Å². The van der Waals surface area contributed by atoms with E-state index in [0.717, 1.165) is 52.7 Å². The number of aliphatic imine (C=N–C) groups is 1. The molecule has 2 heterocycles. The Morgan fingerprint density at radius 2 is 1.82 bits per heavy atom. The summed E-state index contributed by atoms with van der Waals surface area (Å²) < 4.78 is 0. The molecular formula is C30H34N6O2. The number of nitrogens with one attached hydrogen (secondary N) is 3. The van der Waals surface area contributed by atoms with Crippen molar-refractivity contribution in [2.75, 3.05) is 23.3 Å². The number of benzene rings is 3. The van der Waals surface area contributed by atoms with Crippen molar-refractivity contribution in [3.05, 3.63) is 83.9 Å². The molecule has 0 saturated carbocycles. The summed E-state index contributed by atoms with van der Waals surface area (Å²) in [6.45, 7) is 5.29. The van der Waals surface area contributed by atoms with Crippen LogP contribution in [-0.4, -0.2) is 42.4 Å². The molecule has 0 bridgehead atoms. The van der Waals surface area contributed by atoms with E-state index >= 15 is 0 Å². The van der Waals surface area contributed by atoms with Crippen LogP contribution in [0.1, 0.15) is 31.4 Å². The average molecular weight is 511 g/mol. The highest BCUT2D eigenvalue weighted by molar-refractivity contribution is 6.01. The minimum atomic E-state index is -1.06. The fourth-order valence-electron chi connectivity index (χ4n) is 4.78. The van der Waals surface area contributed by atoms with Gasteiger partial charge in [-0.1, -0.05) is 60.7 Å². The number of carbonyl (C=O) groups excluding carboxylic acids is 2. The first-order valence-electron chi connectivity index (χ1n) is 13.0. The molecule has 8 heteroatoms. The number of rotatable bonds is 6. The standard InChI is InChI=1S/C30H34N6O2/c1-30(2,31)28(38)34-25-16-15-22-7-3-6-10-26(22)36(27(25)37)19-20-11-13-21(14-12-20)23-8-4-5-9-24(23)35-29-32-17-18-33-29/h3-14,25H,15-19,31H2,1-2H3,(H,34,38)(H2,32,33,35)/t25-/m1/s1. The van der Waals surface area contributed by atoms with Crippen molar-refractivity contribution in [1.82, 2.24) is 10.6 Å². The van der Waals surface area contributed by atoms with Gasteiger partial charge in [-0.25, -0.2) is 0 Å². The average Bonchev–Trinajstić information content (AvgIpc) is 3.38. The lowest BCUT2D eigenvalue weighted by atomic mass is 10.0. The molecule has 8 nitrogen and oxygen atoms in total. The molecule has 0 aliphatic carbocycles. The van der Waals surface area contributed by atoms with Crippen LogP contribution in [0, 0.1) is 0 Å². The van der Waals surface area contributed by atoms with E-state index in [-0.39, 0.29) is 11.8 Å². The topological polar surface area (TPSA) is 112 Å². The molecule has 5 N–H and O–H groups in total. The van der Waals surface area contributed by atoms with Crippen molar-refractivity contribution in [2.24, 2.45) is 10.7 Å². The molecule has 0 unspecified atom stereocenters. The van der Waals surface area contributed by atoms with Crippen LogP contribution in [0.5, 0.6) is 0 Å². The summed E-state index contributed by atoms with van der Waals surface area (Å²) in [5.41, 5.74) is 11.0. The van der Waals surface area contributed by atoms with Crippen LogP contribution >= 0.6 is 0 Å². The largest absolute Gasteiger partial charge is 0.354 e. The van der Waals surface area contributed by atoms with Crippen LogP contribution in [0.2, 0.25) is 0 Å². The molecular weight excluding hydrogens is 476 g/mol. The van der Waals surface area contributed by atoms with Gasteiger partial charge in [0.2, 0.25) is 11.8 Å². The van der Waals surface area contributed by atoms with Gasteiger partial charge >= 0.3 is 0 Å². The minimum absolute atomic E-state index is 0.129. The highest BCUT2D eigenvalue weighted by atomic mass is 16.2. The molecule has 0 fully saturated rings. The maximum atomic E-state index is 13.7. The van der Waals surface area contributed by atoms with Crippen molar-refractivity contribution in [1.29, 1.82) is 0 Å². The lowest BCUT2D eigenvalue weighted by Gasteiger charge is -2.28. The second-order valence-electron chi connectivity index (χ2n) is 10.4. The van der Waals surface area contributed by atoms with Crippen LogP contribution in [0.25, 0.3) is 11.1 Å². The molecule has 3 aromatic rings. The quantitative estimate of drug-likeness (QED) is 0.406. The first kappa shape index (κ1) is 25.5. The van der Waals surface area contributed by atoms with Gasteiger partial charge in [-0.15, -0.1) is 0 Å². The van der Waals surface area contributed by atoms with Gasteiger partial charge in [-0.2, -0.15) is 0 Å². The van der Waals surface area contributed by atoms with E-state index < -0.39 is 11.6 Å². The Labute approximate surface area is 223 Å². The number of hydrogen-bond acceptors (Lipinski definition) is 6. The number of guanidine groups is 1. The Morgan fingerprint density at radius 1 is 1.08 bits per heavy atom. The van der Waals surface area contributed by atoms with Gasteiger partial charge in [0.05, 0.1) is 18.6 Å². The van der Waals surface area contributed by atoms with E-state index in [1.165, 1.54) is 0 Å². The molecule has 2 aliphatic heterocycles. The van der Waals surface area contributed by atoms with Gasteiger partial charge in [0, 0.05) is 23.5 Å². The molecule has 1 atom stereocenters. The van der Waals surface area contributed by atoms with Crippen molar-refractivity contribution < 1.29 is 9.59 Å². The SMILES string of the molecule is CC(C)(N)C(=O)N[C@@H]1CCc2ccccc2N(Cc2ccc(-c3ccccc3NC3=NCCN3)cc2)C1=O. The number of hydrogen-bond donors (Lipinski definition) is 4. The zero-order chi connectivity index (χ0) is 26.7. The van der Waals surface area contributed by atoms with Gasteiger partial charge < -0.3 is 26.6 Å². The second-order valence-corrected chi connectivity index (χ2v) is 10.4. The van der Waals surface area contributed by atoms with Crippen molar-refractivity contribution in [2.45, 2.75) is 44.8 Å². The van der Waals surface area contributed by atoms with Crippen LogP contribution in [0.3, 0.4) is 0 Å². The summed E-state index contributed by atoms with van der Waals surface area (Å²) in [6.07, 6.45) is 1.22. The van der Waals surface area contributed by atoms with E-state index in [1.807, 2.05) is 42.5 Å². The number of nitrogens with two attached hydrogens (primary N) is 1. The lowest BCUT2D eigenvalue weighted by Crippen LogP contribution is -2.56. The van der Waals surface area contributed by atoms with E-state index in [9.17, 15) is 9.59 Å². The summed E-state index contributed by atoms with van der Waals surface area (Å²) >= 11 is 0. The molecule has 38 heavy (non-hydrogen) atoms. The van der Waals surface area contributed by atoms with E-state index in [0.29, 0.717) is 19.4 Å². The summed E-state index contributed by atoms with van der Waals surface area (Å²) in [6, 6.07) is 23.7. The summed E-state index contributed by atoms with van der Waals surface area (Å²) in [5.74, 6) is 0.320. The van der Waals surface area contributed by atoms with Gasteiger partial charge in [0.1, 0.15) is 6.04 Å². The highest BCUT2D eigenvalue weighted by Crippen LogP contribution is 2.31. The van der Waals surface area contributed by atoms with E-state index in [2.05, 4.69) is 51.3 Å². The maximum Gasteiger partial charge on any atom is 0.249 e. The zero-order valence-corrected chi connectivity index (χ0v) is 21.8. The third-order valence-corrected chi connectivity index (χ3v) is 6.90. The van der Waals surface area contributed by atoms with Gasteiger partial charge in [-0.3, -0.25) is 14.6 Å². The van der Waals surface area contributed by atoms with E-state index in [4.69, 9.17) is 5.73 Å². The van der Waals surface area contributed by atoms with Gasteiger partial charge in [0.15, 0.2) is 5.96 Å².